The number of sulfone groups is 1. The minimum atomic E-state index is -3.29. The molecule has 1 aliphatic carbocycles. The van der Waals surface area contributed by atoms with Gasteiger partial charge < -0.3 is 5.11 Å². The highest BCUT2D eigenvalue weighted by Gasteiger charge is 2.26. The number of rotatable bonds is 7. The van der Waals surface area contributed by atoms with Crippen molar-refractivity contribution in [1.82, 2.24) is 4.90 Å². The Morgan fingerprint density at radius 1 is 1.20 bits per heavy atom. The molecule has 0 amide bonds. The summed E-state index contributed by atoms with van der Waals surface area (Å²) in [6.45, 7) is 1.08. The molecule has 2 rings (SSSR count). The molecule has 0 spiro atoms. The Morgan fingerprint density at radius 3 is 2.35 bits per heavy atom. The van der Waals surface area contributed by atoms with Crippen LogP contribution < -0.4 is 0 Å². The van der Waals surface area contributed by atoms with E-state index in [-0.39, 0.29) is 12.4 Å². The normalized spacial score (nSPS) is 16.4. The van der Waals surface area contributed by atoms with Crippen LogP contribution in [-0.2, 0) is 9.84 Å². The Hall–Kier alpha value is -0.620. The highest BCUT2D eigenvalue weighted by atomic mass is 35.5. The number of aliphatic hydroxyl groups is 1. The molecule has 20 heavy (non-hydrogen) atoms. The van der Waals surface area contributed by atoms with Crippen molar-refractivity contribution < 1.29 is 13.5 Å². The van der Waals surface area contributed by atoms with Crippen molar-refractivity contribution in [3.05, 3.63) is 29.3 Å². The molecule has 0 bridgehead atoms. The summed E-state index contributed by atoms with van der Waals surface area (Å²) in [6, 6.07) is 6.69. The van der Waals surface area contributed by atoms with Crippen LogP contribution in [0.3, 0.4) is 0 Å². The summed E-state index contributed by atoms with van der Waals surface area (Å²) >= 11 is 5.77. The molecule has 1 aromatic carbocycles. The zero-order valence-electron chi connectivity index (χ0n) is 11.3. The van der Waals surface area contributed by atoms with Crippen LogP contribution in [0, 0.1) is 0 Å². The maximum Gasteiger partial charge on any atom is 0.179 e. The van der Waals surface area contributed by atoms with Gasteiger partial charge in [0, 0.05) is 24.2 Å². The lowest BCUT2D eigenvalue weighted by molar-refractivity contribution is 0.108. The van der Waals surface area contributed by atoms with Crippen molar-refractivity contribution in [2.45, 2.75) is 30.2 Å². The zero-order valence-corrected chi connectivity index (χ0v) is 12.9. The molecule has 1 saturated carbocycles. The fourth-order valence-corrected chi connectivity index (χ4v) is 3.74. The predicted molar refractivity (Wildman–Crippen MR) is 79.8 cm³/mol. The molecule has 0 aromatic heterocycles. The van der Waals surface area contributed by atoms with E-state index in [1.807, 2.05) is 0 Å². The quantitative estimate of drug-likeness (QED) is 0.835. The van der Waals surface area contributed by atoms with E-state index < -0.39 is 9.84 Å². The van der Waals surface area contributed by atoms with Crippen LogP contribution in [-0.4, -0.2) is 49.9 Å². The van der Waals surface area contributed by atoms with Crippen LogP contribution in [0.4, 0.5) is 0 Å². The first-order valence-corrected chi connectivity index (χ1v) is 8.89. The third-order valence-electron chi connectivity index (χ3n) is 3.80. The highest BCUT2D eigenvalue weighted by Crippen LogP contribution is 2.25. The molecule has 0 saturated heterocycles. The van der Waals surface area contributed by atoms with Crippen LogP contribution in [0.2, 0.25) is 5.02 Å². The van der Waals surface area contributed by atoms with Crippen LogP contribution in [0.1, 0.15) is 19.3 Å². The van der Waals surface area contributed by atoms with Gasteiger partial charge in [-0.05, 0) is 37.1 Å². The van der Waals surface area contributed by atoms with Crippen molar-refractivity contribution in [3.8, 4) is 0 Å². The molecule has 1 aromatic rings. The Morgan fingerprint density at radius 2 is 1.85 bits per heavy atom. The largest absolute Gasteiger partial charge is 0.395 e. The molecular weight excluding hydrogens is 298 g/mol. The molecule has 0 atom stereocenters. The minimum absolute atomic E-state index is 0.0670. The summed E-state index contributed by atoms with van der Waals surface area (Å²) in [6.07, 6.45) is 3.39. The topological polar surface area (TPSA) is 57.6 Å². The van der Waals surface area contributed by atoms with Gasteiger partial charge in [-0.1, -0.05) is 18.0 Å². The van der Waals surface area contributed by atoms with Gasteiger partial charge >= 0.3 is 0 Å². The third-order valence-corrected chi connectivity index (χ3v) is 5.76. The number of aliphatic hydroxyl groups excluding tert-OH is 1. The summed E-state index contributed by atoms with van der Waals surface area (Å²) in [4.78, 5) is 2.39. The minimum Gasteiger partial charge on any atom is -0.395 e. The van der Waals surface area contributed by atoms with Gasteiger partial charge in [-0.2, -0.15) is 0 Å². The van der Waals surface area contributed by atoms with Crippen LogP contribution >= 0.6 is 11.6 Å². The van der Waals surface area contributed by atoms with Gasteiger partial charge in [0.15, 0.2) is 9.84 Å². The van der Waals surface area contributed by atoms with E-state index in [9.17, 15) is 8.42 Å². The summed E-state index contributed by atoms with van der Waals surface area (Å²) in [5, 5.41) is 9.60. The lowest BCUT2D eigenvalue weighted by Gasteiger charge is -2.37. The first kappa shape index (κ1) is 15.8. The molecule has 1 fully saturated rings. The van der Waals surface area contributed by atoms with Crippen molar-refractivity contribution in [2.75, 3.05) is 25.4 Å². The predicted octanol–water partition coefficient (Wildman–Crippen LogP) is 1.96. The first-order chi connectivity index (χ1) is 9.53. The summed E-state index contributed by atoms with van der Waals surface area (Å²) in [5.41, 5.74) is 0. The van der Waals surface area contributed by atoms with Gasteiger partial charge in [0.1, 0.15) is 0 Å². The van der Waals surface area contributed by atoms with Crippen LogP contribution in [0.15, 0.2) is 29.2 Å². The lowest BCUT2D eigenvalue weighted by Crippen LogP contribution is -2.44. The van der Waals surface area contributed by atoms with E-state index in [0.29, 0.717) is 29.0 Å². The second-order valence-electron chi connectivity index (χ2n) is 5.12. The van der Waals surface area contributed by atoms with Crippen molar-refractivity contribution in [3.63, 3.8) is 0 Å². The summed E-state index contributed by atoms with van der Waals surface area (Å²) in [7, 11) is -3.29. The molecule has 1 aliphatic rings. The summed E-state index contributed by atoms with van der Waals surface area (Å²) in [5.74, 6) is 0.0745. The number of nitrogens with zero attached hydrogens (tertiary/aromatic N) is 1. The Labute approximate surface area is 125 Å². The molecule has 0 aliphatic heterocycles. The maximum atomic E-state index is 12.2. The first-order valence-electron chi connectivity index (χ1n) is 6.86. The van der Waals surface area contributed by atoms with E-state index in [1.54, 1.807) is 12.1 Å². The van der Waals surface area contributed by atoms with E-state index in [2.05, 4.69) is 4.90 Å². The average molecular weight is 318 g/mol. The lowest BCUT2D eigenvalue weighted by atomic mass is 9.91. The molecule has 112 valence electrons. The van der Waals surface area contributed by atoms with Gasteiger partial charge in [0.05, 0.1) is 17.3 Å². The second-order valence-corrected chi connectivity index (χ2v) is 7.66. The van der Waals surface area contributed by atoms with E-state index in [0.717, 1.165) is 12.8 Å². The fraction of sp³-hybridized carbons (Fsp3) is 0.571. The highest BCUT2D eigenvalue weighted by molar-refractivity contribution is 7.91. The standard InChI is InChI=1S/C14H20ClNO3S/c15-12-4-6-14(7-5-12)20(18,19)11-9-16(8-10-17)13-2-1-3-13/h4-7,13,17H,1-3,8-11H2. The van der Waals surface area contributed by atoms with Gasteiger partial charge in [-0.25, -0.2) is 8.42 Å². The SMILES string of the molecule is O=S(=O)(CCN(CCO)C1CCC1)c1ccc(Cl)cc1. The smallest absolute Gasteiger partial charge is 0.179 e. The van der Waals surface area contributed by atoms with Gasteiger partial charge in [-0.15, -0.1) is 0 Å². The molecule has 0 radical (unpaired) electrons. The van der Waals surface area contributed by atoms with Crippen molar-refractivity contribution in [1.29, 1.82) is 0 Å². The molecule has 6 heteroatoms. The number of halogens is 1. The number of hydrogen-bond donors (Lipinski definition) is 1. The number of hydrogen-bond acceptors (Lipinski definition) is 4. The molecule has 4 nitrogen and oxygen atoms in total. The van der Waals surface area contributed by atoms with Crippen molar-refractivity contribution in [2.24, 2.45) is 0 Å². The second kappa shape index (κ2) is 6.89. The van der Waals surface area contributed by atoms with E-state index in [1.165, 1.54) is 18.6 Å². The molecule has 0 heterocycles. The van der Waals surface area contributed by atoms with Gasteiger partial charge in [0.25, 0.3) is 0 Å². The Balaban J connectivity index is 1.98. The molecular formula is C14H20ClNO3S. The van der Waals surface area contributed by atoms with E-state index >= 15 is 0 Å². The average Bonchev–Trinajstić information content (AvgIpc) is 2.35. The fourth-order valence-electron chi connectivity index (χ4n) is 2.35. The van der Waals surface area contributed by atoms with Crippen LogP contribution in [0.5, 0.6) is 0 Å². The monoisotopic (exact) mass is 317 g/mol. The van der Waals surface area contributed by atoms with Gasteiger partial charge in [0.2, 0.25) is 0 Å². The van der Waals surface area contributed by atoms with Crippen molar-refractivity contribution >= 4 is 21.4 Å². The van der Waals surface area contributed by atoms with Crippen LogP contribution in [0.25, 0.3) is 0 Å². The summed E-state index contributed by atoms with van der Waals surface area (Å²) < 4.78 is 24.5. The molecule has 1 N–H and O–H groups in total. The Bertz CT molecular complexity index is 526. The third kappa shape index (κ3) is 3.95. The molecule has 0 unspecified atom stereocenters. The maximum absolute atomic E-state index is 12.2. The van der Waals surface area contributed by atoms with Gasteiger partial charge in [-0.3, -0.25) is 4.90 Å². The zero-order chi connectivity index (χ0) is 14.6. The Kier molecular flexibility index (Phi) is 5.43. The number of benzene rings is 1. The van der Waals surface area contributed by atoms with E-state index in [4.69, 9.17) is 16.7 Å².